The third kappa shape index (κ3) is 5.08. The van der Waals surface area contributed by atoms with E-state index in [4.69, 9.17) is 9.52 Å². The van der Waals surface area contributed by atoms with Crippen LogP contribution in [0.5, 0.6) is 0 Å². The molecule has 26 heavy (non-hydrogen) atoms. The van der Waals surface area contributed by atoms with E-state index in [9.17, 15) is 9.59 Å². The number of aliphatic hydroxyl groups excluding tert-OH is 1. The standard InChI is InChI=1S/C20H28N2O4/c1-14-16-9-8-15(22(2)3)12-18(16)26-20(25)17(14)13-19(24)21-10-6-4-5-7-11-23/h8-9,12,23H,4-7,10-11,13H2,1-3H3,(H,21,24). The van der Waals surface area contributed by atoms with Crippen molar-refractivity contribution in [3.05, 3.63) is 39.7 Å². The molecule has 1 aromatic heterocycles. The number of fused-ring (bicyclic) bond motifs is 1. The number of amides is 1. The maximum Gasteiger partial charge on any atom is 0.340 e. The number of nitrogens with zero attached hydrogens (tertiary/aromatic N) is 1. The minimum Gasteiger partial charge on any atom is -0.422 e. The molecule has 0 bridgehead atoms. The number of aryl methyl sites for hydroxylation is 1. The van der Waals surface area contributed by atoms with Crippen LogP contribution < -0.4 is 15.8 Å². The average Bonchev–Trinajstić information content (AvgIpc) is 2.61. The number of hydrogen-bond donors (Lipinski definition) is 2. The van der Waals surface area contributed by atoms with Gasteiger partial charge in [0.05, 0.1) is 12.0 Å². The molecule has 1 amide bonds. The average molecular weight is 360 g/mol. The molecule has 0 unspecified atom stereocenters. The molecular formula is C20H28N2O4. The van der Waals surface area contributed by atoms with E-state index in [1.807, 2.05) is 44.1 Å². The van der Waals surface area contributed by atoms with Crippen molar-refractivity contribution < 1.29 is 14.3 Å². The molecule has 142 valence electrons. The Balaban J connectivity index is 2.06. The third-order valence-corrected chi connectivity index (χ3v) is 4.53. The van der Waals surface area contributed by atoms with E-state index in [0.717, 1.165) is 42.3 Å². The number of carbonyl (C=O) groups excluding carboxylic acids is 1. The van der Waals surface area contributed by atoms with Crippen molar-refractivity contribution in [1.82, 2.24) is 5.32 Å². The largest absolute Gasteiger partial charge is 0.422 e. The summed E-state index contributed by atoms with van der Waals surface area (Å²) >= 11 is 0. The first-order valence-electron chi connectivity index (χ1n) is 9.05. The van der Waals surface area contributed by atoms with Crippen LogP contribution in [0.25, 0.3) is 11.0 Å². The van der Waals surface area contributed by atoms with Crippen LogP contribution in [0.3, 0.4) is 0 Å². The van der Waals surface area contributed by atoms with Gasteiger partial charge in [-0.2, -0.15) is 0 Å². The number of unbranched alkanes of at least 4 members (excludes halogenated alkanes) is 3. The Kier molecular flexibility index (Phi) is 7.21. The third-order valence-electron chi connectivity index (χ3n) is 4.53. The summed E-state index contributed by atoms with van der Waals surface area (Å²) in [7, 11) is 3.85. The summed E-state index contributed by atoms with van der Waals surface area (Å²) in [5.41, 5.74) is 2.23. The highest BCUT2D eigenvalue weighted by atomic mass is 16.4. The summed E-state index contributed by atoms with van der Waals surface area (Å²) in [6.45, 7) is 2.64. The molecule has 1 aromatic carbocycles. The first kappa shape index (κ1) is 20.0. The van der Waals surface area contributed by atoms with Gasteiger partial charge in [0.1, 0.15) is 5.58 Å². The smallest absolute Gasteiger partial charge is 0.340 e. The number of aliphatic hydroxyl groups is 1. The molecule has 0 aliphatic heterocycles. The molecule has 1 heterocycles. The van der Waals surface area contributed by atoms with Gasteiger partial charge in [-0.1, -0.05) is 12.8 Å². The van der Waals surface area contributed by atoms with Gasteiger partial charge in [0.15, 0.2) is 0 Å². The lowest BCUT2D eigenvalue weighted by molar-refractivity contribution is -0.120. The van der Waals surface area contributed by atoms with Crippen LogP contribution in [0.2, 0.25) is 0 Å². The highest BCUT2D eigenvalue weighted by Gasteiger charge is 2.15. The Hall–Kier alpha value is -2.34. The molecule has 0 aliphatic carbocycles. The summed E-state index contributed by atoms with van der Waals surface area (Å²) in [6, 6.07) is 5.72. The molecule has 2 aromatic rings. The Bertz CT molecular complexity index is 811. The predicted octanol–water partition coefficient (Wildman–Crippen LogP) is 2.38. The molecule has 6 nitrogen and oxygen atoms in total. The van der Waals surface area contributed by atoms with Gasteiger partial charge in [0.2, 0.25) is 5.91 Å². The van der Waals surface area contributed by atoms with Crippen molar-refractivity contribution in [3.8, 4) is 0 Å². The van der Waals surface area contributed by atoms with Gasteiger partial charge in [-0.25, -0.2) is 4.79 Å². The fourth-order valence-corrected chi connectivity index (χ4v) is 2.91. The van der Waals surface area contributed by atoms with Crippen LogP contribution >= 0.6 is 0 Å². The van der Waals surface area contributed by atoms with Crippen LogP contribution in [0.1, 0.15) is 36.8 Å². The lowest BCUT2D eigenvalue weighted by Gasteiger charge is -2.14. The van der Waals surface area contributed by atoms with E-state index >= 15 is 0 Å². The van der Waals surface area contributed by atoms with Crippen molar-refractivity contribution in [2.75, 3.05) is 32.1 Å². The summed E-state index contributed by atoms with van der Waals surface area (Å²) in [5.74, 6) is -0.174. The molecular weight excluding hydrogens is 332 g/mol. The molecule has 6 heteroatoms. The topological polar surface area (TPSA) is 82.8 Å². The van der Waals surface area contributed by atoms with Crippen LogP contribution in [0.4, 0.5) is 5.69 Å². The van der Waals surface area contributed by atoms with E-state index in [-0.39, 0.29) is 18.9 Å². The monoisotopic (exact) mass is 360 g/mol. The summed E-state index contributed by atoms with van der Waals surface area (Å²) in [4.78, 5) is 26.4. The highest BCUT2D eigenvalue weighted by Crippen LogP contribution is 2.24. The van der Waals surface area contributed by atoms with Crippen LogP contribution in [-0.2, 0) is 11.2 Å². The van der Waals surface area contributed by atoms with Gasteiger partial charge in [0.25, 0.3) is 0 Å². The Morgan fingerprint density at radius 1 is 1.19 bits per heavy atom. The van der Waals surface area contributed by atoms with Gasteiger partial charge < -0.3 is 19.7 Å². The molecule has 2 rings (SSSR count). The Morgan fingerprint density at radius 3 is 2.62 bits per heavy atom. The van der Waals surface area contributed by atoms with Crippen molar-refractivity contribution in [2.45, 2.75) is 39.0 Å². The maximum absolute atomic E-state index is 12.3. The first-order chi connectivity index (χ1) is 12.4. The summed E-state index contributed by atoms with van der Waals surface area (Å²) < 4.78 is 5.45. The van der Waals surface area contributed by atoms with Crippen molar-refractivity contribution in [2.24, 2.45) is 0 Å². The van der Waals surface area contributed by atoms with Crippen molar-refractivity contribution in [3.63, 3.8) is 0 Å². The Labute approximate surface area is 153 Å². The van der Waals surface area contributed by atoms with Gasteiger partial charge in [-0.05, 0) is 37.5 Å². The van der Waals surface area contributed by atoms with E-state index in [0.29, 0.717) is 17.7 Å². The van der Waals surface area contributed by atoms with Crippen LogP contribution in [0, 0.1) is 6.92 Å². The van der Waals surface area contributed by atoms with E-state index in [2.05, 4.69) is 5.32 Å². The zero-order chi connectivity index (χ0) is 19.1. The molecule has 0 atom stereocenters. The van der Waals surface area contributed by atoms with Gasteiger partial charge in [0, 0.05) is 44.4 Å². The molecule has 0 saturated carbocycles. The second kappa shape index (κ2) is 9.38. The molecule has 0 fully saturated rings. The van der Waals surface area contributed by atoms with Crippen LogP contribution in [0.15, 0.2) is 27.4 Å². The van der Waals surface area contributed by atoms with Gasteiger partial charge >= 0.3 is 5.63 Å². The first-order valence-corrected chi connectivity index (χ1v) is 9.05. The number of carbonyl (C=O) groups is 1. The van der Waals surface area contributed by atoms with E-state index in [1.54, 1.807) is 0 Å². The number of anilines is 1. The Morgan fingerprint density at radius 2 is 1.92 bits per heavy atom. The normalized spacial score (nSPS) is 10.9. The second-order valence-electron chi connectivity index (χ2n) is 6.73. The van der Waals surface area contributed by atoms with Gasteiger partial charge in [-0.3, -0.25) is 4.79 Å². The second-order valence-corrected chi connectivity index (χ2v) is 6.73. The van der Waals surface area contributed by atoms with Crippen molar-refractivity contribution >= 4 is 22.6 Å². The predicted molar refractivity (Wildman–Crippen MR) is 104 cm³/mol. The summed E-state index contributed by atoms with van der Waals surface area (Å²) in [5, 5.41) is 12.4. The number of benzene rings is 1. The highest BCUT2D eigenvalue weighted by molar-refractivity contribution is 5.86. The quantitative estimate of drug-likeness (QED) is 0.530. The van der Waals surface area contributed by atoms with E-state index in [1.165, 1.54) is 0 Å². The zero-order valence-electron chi connectivity index (χ0n) is 15.8. The summed E-state index contributed by atoms with van der Waals surface area (Å²) in [6.07, 6.45) is 3.60. The fourth-order valence-electron chi connectivity index (χ4n) is 2.91. The van der Waals surface area contributed by atoms with Crippen LogP contribution in [-0.4, -0.2) is 38.3 Å². The fraction of sp³-hybridized carbons (Fsp3) is 0.500. The molecule has 2 N–H and O–H groups in total. The zero-order valence-corrected chi connectivity index (χ0v) is 15.8. The lowest BCUT2D eigenvalue weighted by atomic mass is 10.0. The maximum atomic E-state index is 12.3. The number of nitrogens with one attached hydrogen (secondary N) is 1. The number of rotatable bonds is 9. The molecule has 0 aliphatic rings. The van der Waals surface area contributed by atoms with Crippen molar-refractivity contribution in [1.29, 1.82) is 0 Å². The minimum absolute atomic E-state index is 0.0240. The molecule has 0 saturated heterocycles. The lowest BCUT2D eigenvalue weighted by Crippen LogP contribution is -2.28. The van der Waals surface area contributed by atoms with Gasteiger partial charge in [-0.15, -0.1) is 0 Å². The SMILES string of the molecule is Cc1c(CC(=O)NCCCCCCO)c(=O)oc2cc(N(C)C)ccc12. The van der Waals surface area contributed by atoms with E-state index < -0.39 is 5.63 Å². The molecule has 0 radical (unpaired) electrons. The minimum atomic E-state index is -0.455. The molecule has 0 spiro atoms. The number of hydrogen-bond acceptors (Lipinski definition) is 5.